The molecular formula is C15H20N2O2. The van der Waals surface area contributed by atoms with Crippen LogP contribution in [0.1, 0.15) is 62.4 Å². The smallest absolute Gasteiger partial charge is 0.234 e. The van der Waals surface area contributed by atoms with Crippen molar-refractivity contribution < 1.29 is 9.63 Å². The van der Waals surface area contributed by atoms with Crippen LogP contribution in [0.2, 0.25) is 0 Å². The maximum absolute atomic E-state index is 9.87. The highest BCUT2D eigenvalue weighted by Crippen LogP contribution is 2.27. The summed E-state index contributed by atoms with van der Waals surface area (Å²) in [5, 5.41) is 13.8. The van der Waals surface area contributed by atoms with Gasteiger partial charge in [0.25, 0.3) is 0 Å². The lowest BCUT2D eigenvalue weighted by molar-refractivity contribution is 0.152. The summed E-state index contributed by atoms with van der Waals surface area (Å²) in [5.41, 5.74) is 1.16. The van der Waals surface area contributed by atoms with E-state index in [1.807, 2.05) is 25.1 Å². The van der Waals surface area contributed by atoms with Gasteiger partial charge < -0.3 is 9.63 Å². The van der Waals surface area contributed by atoms with Crippen molar-refractivity contribution in [1.82, 2.24) is 10.1 Å². The van der Waals surface area contributed by atoms with E-state index in [0.29, 0.717) is 18.1 Å². The number of hydrogen-bond donors (Lipinski definition) is 1. The molecule has 1 aromatic heterocycles. The number of rotatable bonds is 6. The van der Waals surface area contributed by atoms with Crippen LogP contribution in [-0.4, -0.2) is 15.2 Å². The number of hydrogen-bond acceptors (Lipinski definition) is 4. The second-order valence-corrected chi connectivity index (χ2v) is 4.67. The molecule has 0 spiro atoms. The van der Waals surface area contributed by atoms with Crippen LogP contribution >= 0.6 is 0 Å². The highest BCUT2D eigenvalue weighted by Gasteiger charge is 2.21. The Labute approximate surface area is 113 Å². The third-order valence-corrected chi connectivity index (χ3v) is 3.23. The van der Waals surface area contributed by atoms with Gasteiger partial charge in [-0.3, -0.25) is 0 Å². The molecule has 0 amide bonds. The molecule has 1 N–H and O–H groups in total. The van der Waals surface area contributed by atoms with Crippen LogP contribution in [0.5, 0.6) is 0 Å². The second-order valence-electron chi connectivity index (χ2n) is 4.67. The lowest BCUT2D eigenvalue weighted by Gasteiger charge is -2.09. The summed E-state index contributed by atoms with van der Waals surface area (Å²) >= 11 is 0. The lowest BCUT2D eigenvalue weighted by atomic mass is 9.96. The zero-order valence-electron chi connectivity index (χ0n) is 11.4. The molecule has 0 aliphatic carbocycles. The first-order chi connectivity index (χ1) is 9.26. The predicted molar refractivity (Wildman–Crippen MR) is 72.7 cm³/mol. The molecule has 0 saturated carbocycles. The van der Waals surface area contributed by atoms with Gasteiger partial charge in [0.05, 0.1) is 5.92 Å². The predicted octanol–water partition coefficient (Wildman–Crippen LogP) is 3.45. The van der Waals surface area contributed by atoms with Gasteiger partial charge in [0, 0.05) is 0 Å². The van der Waals surface area contributed by atoms with Crippen molar-refractivity contribution in [3.05, 3.63) is 47.6 Å². The highest BCUT2D eigenvalue weighted by atomic mass is 16.5. The minimum absolute atomic E-state index is 0.0938. The van der Waals surface area contributed by atoms with E-state index < -0.39 is 6.10 Å². The molecule has 1 heterocycles. The Morgan fingerprint density at radius 3 is 2.58 bits per heavy atom. The molecule has 2 unspecified atom stereocenters. The summed E-state index contributed by atoms with van der Waals surface area (Å²) in [4.78, 5) is 4.35. The minimum atomic E-state index is -0.629. The Kier molecular flexibility index (Phi) is 4.68. The molecule has 0 saturated heterocycles. The van der Waals surface area contributed by atoms with Crippen LogP contribution in [0.15, 0.2) is 34.9 Å². The van der Waals surface area contributed by atoms with Gasteiger partial charge in [-0.25, -0.2) is 0 Å². The fourth-order valence-electron chi connectivity index (χ4n) is 2.16. The van der Waals surface area contributed by atoms with Gasteiger partial charge in [-0.1, -0.05) is 55.8 Å². The average molecular weight is 260 g/mol. The monoisotopic (exact) mass is 260 g/mol. The molecule has 2 atom stereocenters. The summed E-state index contributed by atoms with van der Waals surface area (Å²) in [6.07, 6.45) is 1.80. The van der Waals surface area contributed by atoms with Gasteiger partial charge in [0.1, 0.15) is 6.10 Å². The van der Waals surface area contributed by atoms with E-state index in [9.17, 15) is 5.11 Å². The summed E-state index contributed by atoms with van der Waals surface area (Å²) in [5.74, 6) is 1.07. The first-order valence-electron chi connectivity index (χ1n) is 6.82. The molecule has 4 heteroatoms. The molecule has 19 heavy (non-hydrogen) atoms. The van der Waals surface area contributed by atoms with Crippen molar-refractivity contribution in [3.63, 3.8) is 0 Å². The van der Waals surface area contributed by atoms with Crippen LogP contribution in [0.4, 0.5) is 0 Å². The van der Waals surface area contributed by atoms with E-state index in [-0.39, 0.29) is 5.92 Å². The molecule has 0 radical (unpaired) electrons. The zero-order chi connectivity index (χ0) is 13.7. The number of nitrogens with zero attached hydrogens (tertiary/aromatic N) is 2. The standard InChI is InChI=1S/C15H20N2O2/c1-3-8-13(18)14-16-15(19-17-14)12(4-2)11-9-6-5-7-10-11/h5-7,9-10,12-13,18H,3-4,8H2,1-2H3. The van der Waals surface area contributed by atoms with Crippen LogP contribution in [0.25, 0.3) is 0 Å². The average Bonchev–Trinajstić information content (AvgIpc) is 2.91. The Morgan fingerprint density at radius 2 is 1.95 bits per heavy atom. The summed E-state index contributed by atoms with van der Waals surface area (Å²) in [7, 11) is 0. The maximum Gasteiger partial charge on any atom is 0.234 e. The molecule has 2 rings (SSSR count). The fraction of sp³-hybridized carbons (Fsp3) is 0.467. The molecule has 0 aliphatic heterocycles. The van der Waals surface area contributed by atoms with E-state index in [4.69, 9.17) is 4.52 Å². The molecule has 102 valence electrons. The van der Waals surface area contributed by atoms with Gasteiger partial charge in [0.15, 0.2) is 5.82 Å². The van der Waals surface area contributed by atoms with Crippen LogP contribution in [-0.2, 0) is 0 Å². The minimum Gasteiger partial charge on any atom is -0.385 e. The van der Waals surface area contributed by atoms with Crippen molar-refractivity contribution in [2.45, 2.75) is 45.1 Å². The Bertz CT molecular complexity index is 496. The van der Waals surface area contributed by atoms with E-state index in [1.165, 1.54) is 0 Å². The van der Waals surface area contributed by atoms with Crippen molar-refractivity contribution in [2.75, 3.05) is 0 Å². The van der Waals surface area contributed by atoms with Gasteiger partial charge in [-0.2, -0.15) is 4.98 Å². The van der Waals surface area contributed by atoms with E-state index in [0.717, 1.165) is 18.4 Å². The topological polar surface area (TPSA) is 59.2 Å². The summed E-state index contributed by atoms with van der Waals surface area (Å²) < 4.78 is 5.32. The highest BCUT2D eigenvalue weighted by molar-refractivity contribution is 5.24. The zero-order valence-corrected chi connectivity index (χ0v) is 11.4. The third-order valence-electron chi connectivity index (χ3n) is 3.23. The molecule has 1 aromatic carbocycles. The Hall–Kier alpha value is -1.68. The SMILES string of the molecule is CCCC(O)c1noc(C(CC)c2ccccc2)n1. The first kappa shape index (κ1) is 13.7. The molecule has 0 aliphatic rings. The quantitative estimate of drug-likeness (QED) is 0.864. The lowest BCUT2D eigenvalue weighted by Crippen LogP contribution is -2.02. The number of aliphatic hydroxyl groups excluding tert-OH is 1. The maximum atomic E-state index is 9.87. The normalized spacial score (nSPS) is 14.3. The van der Waals surface area contributed by atoms with Crippen molar-refractivity contribution in [1.29, 1.82) is 0 Å². The van der Waals surface area contributed by atoms with Crippen molar-refractivity contribution in [3.8, 4) is 0 Å². The molecule has 0 fully saturated rings. The Balaban J connectivity index is 2.21. The largest absolute Gasteiger partial charge is 0.385 e. The van der Waals surface area contributed by atoms with Crippen LogP contribution in [0.3, 0.4) is 0 Å². The molecular weight excluding hydrogens is 240 g/mol. The second kappa shape index (κ2) is 6.48. The van der Waals surface area contributed by atoms with Gasteiger partial charge in [-0.15, -0.1) is 0 Å². The Morgan fingerprint density at radius 1 is 1.21 bits per heavy atom. The summed E-state index contributed by atoms with van der Waals surface area (Å²) in [6, 6.07) is 10.1. The van der Waals surface area contributed by atoms with E-state index >= 15 is 0 Å². The fourth-order valence-corrected chi connectivity index (χ4v) is 2.16. The third kappa shape index (κ3) is 3.20. The molecule has 0 bridgehead atoms. The first-order valence-corrected chi connectivity index (χ1v) is 6.82. The number of aliphatic hydroxyl groups is 1. The van der Waals surface area contributed by atoms with Crippen molar-refractivity contribution in [2.24, 2.45) is 0 Å². The van der Waals surface area contributed by atoms with Gasteiger partial charge in [-0.05, 0) is 18.4 Å². The summed E-state index contributed by atoms with van der Waals surface area (Å²) in [6.45, 7) is 4.10. The van der Waals surface area contributed by atoms with Crippen LogP contribution < -0.4 is 0 Å². The number of benzene rings is 1. The van der Waals surface area contributed by atoms with Crippen LogP contribution in [0, 0.1) is 0 Å². The molecule has 2 aromatic rings. The van der Waals surface area contributed by atoms with E-state index in [1.54, 1.807) is 0 Å². The molecule has 4 nitrogen and oxygen atoms in total. The van der Waals surface area contributed by atoms with Crippen molar-refractivity contribution >= 4 is 0 Å². The number of aromatic nitrogens is 2. The van der Waals surface area contributed by atoms with Gasteiger partial charge >= 0.3 is 0 Å². The van der Waals surface area contributed by atoms with Gasteiger partial charge in [0.2, 0.25) is 5.89 Å². The van der Waals surface area contributed by atoms with E-state index in [2.05, 4.69) is 29.2 Å².